The van der Waals surface area contributed by atoms with Crippen molar-refractivity contribution >= 4 is 0 Å². The molecular formula is C15H21N3. The van der Waals surface area contributed by atoms with Crippen LogP contribution in [0, 0.1) is 6.92 Å². The van der Waals surface area contributed by atoms with Crippen molar-refractivity contribution in [3.8, 4) is 11.1 Å². The third kappa shape index (κ3) is 2.46. The second-order valence-electron chi connectivity index (χ2n) is 4.62. The zero-order valence-electron chi connectivity index (χ0n) is 11.4. The maximum Gasteiger partial charge on any atom is 0.0672 e. The van der Waals surface area contributed by atoms with Crippen molar-refractivity contribution in [1.82, 2.24) is 9.78 Å². The second kappa shape index (κ2) is 5.36. The molecule has 0 aliphatic rings. The highest BCUT2D eigenvalue weighted by molar-refractivity contribution is 5.65. The van der Waals surface area contributed by atoms with Gasteiger partial charge < -0.3 is 5.73 Å². The number of aromatic nitrogens is 2. The summed E-state index contributed by atoms with van der Waals surface area (Å²) in [6.07, 6.45) is 3.07. The van der Waals surface area contributed by atoms with Crippen molar-refractivity contribution in [2.45, 2.75) is 39.8 Å². The second-order valence-corrected chi connectivity index (χ2v) is 4.62. The van der Waals surface area contributed by atoms with Crippen molar-refractivity contribution in [1.29, 1.82) is 0 Å². The van der Waals surface area contributed by atoms with Gasteiger partial charge in [0.05, 0.1) is 5.69 Å². The molecule has 0 saturated carbocycles. The smallest absolute Gasteiger partial charge is 0.0672 e. The lowest BCUT2D eigenvalue weighted by Gasteiger charge is -2.09. The fourth-order valence-electron chi connectivity index (χ4n) is 2.11. The van der Waals surface area contributed by atoms with E-state index in [0.29, 0.717) is 0 Å². The largest absolute Gasteiger partial charge is 0.324 e. The summed E-state index contributed by atoms with van der Waals surface area (Å²) in [4.78, 5) is 0. The maximum absolute atomic E-state index is 6.02. The average molecular weight is 243 g/mol. The van der Waals surface area contributed by atoms with Gasteiger partial charge in [0.1, 0.15) is 0 Å². The molecule has 0 saturated heterocycles. The lowest BCUT2D eigenvalue weighted by atomic mass is 10.0. The molecule has 1 unspecified atom stereocenters. The standard InChI is InChI=1S/C15H21N3/c1-4-15(16)13-8-6-12(7-9-13)14-10-18(5-2)17-11(14)3/h6-10,15H,4-5,16H2,1-3H3. The lowest BCUT2D eigenvalue weighted by molar-refractivity contribution is 0.653. The van der Waals surface area contributed by atoms with Crippen molar-refractivity contribution in [3.63, 3.8) is 0 Å². The van der Waals surface area contributed by atoms with Gasteiger partial charge in [-0.05, 0) is 31.4 Å². The first-order chi connectivity index (χ1) is 8.65. The van der Waals surface area contributed by atoms with Gasteiger partial charge in [-0.25, -0.2) is 0 Å². The van der Waals surface area contributed by atoms with E-state index in [1.807, 2.05) is 11.6 Å². The predicted octanol–water partition coefficient (Wildman–Crippen LogP) is 3.29. The van der Waals surface area contributed by atoms with E-state index in [-0.39, 0.29) is 6.04 Å². The summed E-state index contributed by atoms with van der Waals surface area (Å²) in [6.45, 7) is 7.15. The molecule has 3 heteroatoms. The van der Waals surface area contributed by atoms with E-state index in [0.717, 1.165) is 18.7 Å². The molecule has 0 aliphatic carbocycles. The molecular weight excluding hydrogens is 222 g/mol. The summed E-state index contributed by atoms with van der Waals surface area (Å²) in [5, 5.41) is 4.47. The summed E-state index contributed by atoms with van der Waals surface area (Å²) in [5.74, 6) is 0. The van der Waals surface area contributed by atoms with Gasteiger partial charge in [0.25, 0.3) is 0 Å². The summed E-state index contributed by atoms with van der Waals surface area (Å²) in [5.41, 5.74) is 10.7. The van der Waals surface area contributed by atoms with Crippen molar-refractivity contribution in [3.05, 3.63) is 41.7 Å². The van der Waals surface area contributed by atoms with E-state index >= 15 is 0 Å². The first-order valence-corrected chi connectivity index (χ1v) is 6.55. The van der Waals surface area contributed by atoms with Crippen LogP contribution in [0.1, 0.15) is 37.6 Å². The molecule has 1 aromatic heterocycles. The van der Waals surface area contributed by atoms with Crippen LogP contribution in [-0.2, 0) is 6.54 Å². The van der Waals surface area contributed by atoms with Crippen molar-refractivity contribution < 1.29 is 0 Å². The zero-order valence-corrected chi connectivity index (χ0v) is 11.4. The number of nitrogens with zero attached hydrogens (tertiary/aromatic N) is 2. The molecule has 2 rings (SSSR count). The SMILES string of the molecule is CCC(N)c1ccc(-c2cn(CC)nc2C)cc1. The Balaban J connectivity index is 2.31. The van der Waals surface area contributed by atoms with Crippen LogP contribution < -0.4 is 5.73 Å². The molecule has 0 bridgehead atoms. The molecule has 1 aromatic carbocycles. The van der Waals surface area contributed by atoms with E-state index in [9.17, 15) is 0 Å². The molecule has 96 valence electrons. The average Bonchev–Trinajstić information content (AvgIpc) is 2.79. The minimum Gasteiger partial charge on any atom is -0.324 e. The fraction of sp³-hybridized carbons (Fsp3) is 0.400. The van der Waals surface area contributed by atoms with Crippen LogP contribution in [0.3, 0.4) is 0 Å². The molecule has 0 amide bonds. The normalized spacial score (nSPS) is 12.7. The Morgan fingerprint density at radius 2 is 1.89 bits per heavy atom. The Kier molecular flexibility index (Phi) is 3.82. The number of nitrogens with two attached hydrogens (primary N) is 1. The van der Waals surface area contributed by atoms with Crippen LogP contribution in [0.15, 0.2) is 30.5 Å². The molecule has 2 aromatic rings. The van der Waals surface area contributed by atoms with Crippen LogP contribution in [0.4, 0.5) is 0 Å². The van der Waals surface area contributed by atoms with Gasteiger partial charge in [-0.1, -0.05) is 31.2 Å². The van der Waals surface area contributed by atoms with E-state index in [1.54, 1.807) is 0 Å². The Hall–Kier alpha value is -1.61. The van der Waals surface area contributed by atoms with Gasteiger partial charge in [-0.15, -0.1) is 0 Å². The Bertz CT molecular complexity index is 511. The molecule has 1 atom stereocenters. The molecule has 1 heterocycles. The van der Waals surface area contributed by atoms with Gasteiger partial charge >= 0.3 is 0 Å². The third-order valence-corrected chi connectivity index (χ3v) is 3.36. The number of hydrogen-bond acceptors (Lipinski definition) is 2. The van der Waals surface area contributed by atoms with Gasteiger partial charge in [-0.2, -0.15) is 5.10 Å². The molecule has 3 nitrogen and oxygen atoms in total. The number of hydrogen-bond donors (Lipinski definition) is 1. The van der Waals surface area contributed by atoms with Gasteiger partial charge in [0, 0.05) is 24.3 Å². The highest BCUT2D eigenvalue weighted by Gasteiger charge is 2.08. The highest BCUT2D eigenvalue weighted by Crippen LogP contribution is 2.24. The number of rotatable bonds is 4. The minimum atomic E-state index is 0.138. The van der Waals surface area contributed by atoms with Gasteiger partial charge in [0.2, 0.25) is 0 Å². The molecule has 0 spiro atoms. The monoisotopic (exact) mass is 243 g/mol. The first kappa shape index (κ1) is 12.8. The van der Waals surface area contributed by atoms with Crippen molar-refractivity contribution in [2.24, 2.45) is 5.73 Å². The summed E-state index contributed by atoms with van der Waals surface area (Å²) < 4.78 is 1.97. The van der Waals surface area contributed by atoms with Gasteiger partial charge in [0.15, 0.2) is 0 Å². The third-order valence-electron chi connectivity index (χ3n) is 3.36. The van der Waals surface area contributed by atoms with Crippen LogP contribution in [0.2, 0.25) is 0 Å². The molecule has 0 radical (unpaired) electrons. The minimum absolute atomic E-state index is 0.138. The van der Waals surface area contributed by atoms with E-state index in [4.69, 9.17) is 5.73 Å². The van der Waals surface area contributed by atoms with Crippen molar-refractivity contribution in [2.75, 3.05) is 0 Å². The van der Waals surface area contributed by atoms with Crippen LogP contribution in [-0.4, -0.2) is 9.78 Å². The Morgan fingerprint density at radius 1 is 1.22 bits per heavy atom. The van der Waals surface area contributed by atoms with Crippen LogP contribution >= 0.6 is 0 Å². The van der Waals surface area contributed by atoms with Gasteiger partial charge in [-0.3, -0.25) is 4.68 Å². The van der Waals surface area contributed by atoms with E-state index in [1.165, 1.54) is 16.7 Å². The van der Waals surface area contributed by atoms with Crippen LogP contribution in [0.5, 0.6) is 0 Å². The predicted molar refractivity (Wildman–Crippen MR) is 75.3 cm³/mol. The quantitative estimate of drug-likeness (QED) is 0.895. The van der Waals surface area contributed by atoms with Crippen LogP contribution in [0.25, 0.3) is 11.1 Å². The zero-order chi connectivity index (χ0) is 13.1. The molecule has 18 heavy (non-hydrogen) atoms. The lowest BCUT2D eigenvalue weighted by Crippen LogP contribution is -2.08. The fourth-order valence-corrected chi connectivity index (χ4v) is 2.11. The highest BCUT2D eigenvalue weighted by atomic mass is 15.3. The molecule has 2 N–H and O–H groups in total. The van der Waals surface area contributed by atoms with E-state index < -0.39 is 0 Å². The van der Waals surface area contributed by atoms with E-state index in [2.05, 4.69) is 49.4 Å². The number of aryl methyl sites for hydroxylation is 2. The number of benzene rings is 1. The summed E-state index contributed by atoms with van der Waals surface area (Å²) in [6, 6.07) is 8.64. The summed E-state index contributed by atoms with van der Waals surface area (Å²) in [7, 11) is 0. The Labute approximate surface area is 109 Å². The topological polar surface area (TPSA) is 43.8 Å². The molecule has 0 aliphatic heterocycles. The summed E-state index contributed by atoms with van der Waals surface area (Å²) >= 11 is 0. The Morgan fingerprint density at radius 3 is 2.39 bits per heavy atom. The maximum atomic E-state index is 6.02. The first-order valence-electron chi connectivity index (χ1n) is 6.55. The molecule has 0 fully saturated rings.